The Morgan fingerprint density at radius 2 is 2.14 bits per heavy atom. The van der Waals surface area contributed by atoms with Crippen LogP contribution in [0.3, 0.4) is 0 Å². The van der Waals surface area contributed by atoms with Gasteiger partial charge < -0.3 is 10.3 Å². The molecule has 1 unspecified atom stereocenters. The molecule has 14 heavy (non-hydrogen) atoms. The van der Waals surface area contributed by atoms with Gasteiger partial charge in [-0.3, -0.25) is 0 Å². The summed E-state index contributed by atoms with van der Waals surface area (Å²) in [7, 11) is 0. The summed E-state index contributed by atoms with van der Waals surface area (Å²) in [5.74, 6) is 1.36. The normalized spacial score (nSPS) is 13.1. The van der Waals surface area contributed by atoms with Crippen LogP contribution in [-0.4, -0.2) is 10.1 Å². The van der Waals surface area contributed by atoms with Gasteiger partial charge >= 0.3 is 0 Å². The van der Waals surface area contributed by atoms with E-state index < -0.39 is 0 Å². The van der Waals surface area contributed by atoms with Crippen LogP contribution < -0.4 is 5.73 Å². The number of hydrogen-bond donors (Lipinski definition) is 1. The number of aromatic nitrogens is 2. The molecule has 0 saturated heterocycles. The molecule has 4 heteroatoms. The Bertz CT molecular complexity index is 260. The van der Waals surface area contributed by atoms with E-state index in [9.17, 15) is 0 Å². The lowest BCUT2D eigenvalue weighted by Crippen LogP contribution is -2.10. The molecule has 1 heterocycles. The number of nitrogens with two attached hydrogens (primary N) is 1. The van der Waals surface area contributed by atoms with Gasteiger partial charge in [0.05, 0.1) is 6.04 Å². The Morgan fingerprint density at radius 1 is 1.36 bits per heavy atom. The van der Waals surface area contributed by atoms with Crippen LogP contribution in [0.1, 0.15) is 57.3 Å². The van der Waals surface area contributed by atoms with E-state index in [0.717, 1.165) is 25.2 Å². The summed E-state index contributed by atoms with van der Waals surface area (Å²) in [6.07, 6.45) is 5.23. The lowest BCUT2D eigenvalue weighted by Gasteiger charge is -1.99. The molecule has 0 spiro atoms. The average molecular weight is 197 g/mol. The molecule has 1 rings (SSSR count). The Balaban J connectivity index is 2.42. The Morgan fingerprint density at radius 3 is 2.79 bits per heavy atom. The molecule has 80 valence electrons. The largest absolute Gasteiger partial charge is 0.339 e. The van der Waals surface area contributed by atoms with Crippen molar-refractivity contribution in [2.75, 3.05) is 0 Å². The van der Waals surface area contributed by atoms with Gasteiger partial charge in [-0.2, -0.15) is 4.98 Å². The van der Waals surface area contributed by atoms with Gasteiger partial charge in [0, 0.05) is 6.42 Å². The maximum absolute atomic E-state index is 5.78. The fraction of sp³-hybridized carbons (Fsp3) is 0.800. The van der Waals surface area contributed by atoms with E-state index in [4.69, 9.17) is 10.3 Å². The van der Waals surface area contributed by atoms with Crippen LogP contribution >= 0.6 is 0 Å². The summed E-state index contributed by atoms with van der Waals surface area (Å²) in [6.45, 7) is 4.18. The molecule has 0 bridgehead atoms. The highest BCUT2D eigenvalue weighted by molar-refractivity contribution is 4.92. The van der Waals surface area contributed by atoms with Gasteiger partial charge in [-0.05, 0) is 12.8 Å². The highest BCUT2D eigenvalue weighted by atomic mass is 16.5. The van der Waals surface area contributed by atoms with E-state index in [1.165, 1.54) is 12.8 Å². The average Bonchev–Trinajstić information content (AvgIpc) is 2.66. The Kier molecular flexibility index (Phi) is 4.59. The molecule has 0 aliphatic rings. The highest BCUT2D eigenvalue weighted by Gasteiger charge is 2.11. The number of unbranched alkanes of at least 4 members (excludes halogenated alkanes) is 2. The van der Waals surface area contributed by atoms with Gasteiger partial charge in [-0.25, -0.2) is 0 Å². The van der Waals surface area contributed by atoms with Gasteiger partial charge in [-0.15, -0.1) is 0 Å². The van der Waals surface area contributed by atoms with Crippen molar-refractivity contribution < 1.29 is 4.52 Å². The van der Waals surface area contributed by atoms with Crippen molar-refractivity contribution in [2.45, 2.75) is 52.0 Å². The number of nitrogens with zero attached hydrogens (tertiary/aromatic N) is 2. The standard InChI is InChI=1S/C10H19N3O/c1-3-5-6-7-9-12-10(13-14-9)8(11)4-2/h8H,3-7,11H2,1-2H3. The van der Waals surface area contributed by atoms with Crippen molar-refractivity contribution in [3.63, 3.8) is 0 Å². The highest BCUT2D eigenvalue weighted by Crippen LogP contribution is 2.11. The SMILES string of the molecule is CCCCCc1nc(C(N)CC)no1. The third kappa shape index (κ3) is 3.10. The van der Waals surface area contributed by atoms with E-state index >= 15 is 0 Å². The first-order chi connectivity index (χ1) is 6.77. The second kappa shape index (κ2) is 5.75. The molecule has 0 aliphatic carbocycles. The minimum atomic E-state index is -0.0846. The van der Waals surface area contributed by atoms with Crippen LogP contribution in [-0.2, 0) is 6.42 Å². The molecule has 4 nitrogen and oxygen atoms in total. The second-order valence-corrected chi connectivity index (χ2v) is 3.52. The first-order valence-electron chi connectivity index (χ1n) is 5.36. The minimum absolute atomic E-state index is 0.0846. The van der Waals surface area contributed by atoms with Crippen LogP contribution in [0.5, 0.6) is 0 Å². The molecular formula is C10H19N3O. The van der Waals surface area contributed by atoms with Gasteiger partial charge in [-0.1, -0.05) is 31.8 Å². The number of rotatable bonds is 6. The van der Waals surface area contributed by atoms with Crippen LogP contribution in [0.15, 0.2) is 4.52 Å². The van der Waals surface area contributed by atoms with Crippen molar-refractivity contribution in [1.82, 2.24) is 10.1 Å². The molecule has 1 aromatic rings. The van der Waals surface area contributed by atoms with Crippen LogP contribution in [0.2, 0.25) is 0 Å². The minimum Gasteiger partial charge on any atom is -0.339 e. The van der Waals surface area contributed by atoms with E-state index in [1.54, 1.807) is 0 Å². The van der Waals surface area contributed by atoms with E-state index in [1.807, 2.05) is 6.92 Å². The Labute approximate surface area is 84.9 Å². The van der Waals surface area contributed by atoms with Crippen LogP contribution in [0, 0.1) is 0 Å². The topological polar surface area (TPSA) is 64.9 Å². The summed E-state index contributed by atoms with van der Waals surface area (Å²) in [5.41, 5.74) is 5.78. The quantitative estimate of drug-likeness (QED) is 0.710. The van der Waals surface area contributed by atoms with Gasteiger partial charge in [0.1, 0.15) is 0 Å². The fourth-order valence-electron chi connectivity index (χ4n) is 1.23. The monoisotopic (exact) mass is 197 g/mol. The maximum atomic E-state index is 5.78. The maximum Gasteiger partial charge on any atom is 0.226 e. The summed E-state index contributed by atoms with van der Waals surface area (Å²) in [5, 5.41) is 3.85. The molecule has 0 aliphatic heterocycles. The van der Waals surface area contributed by atoms with Crippen molar-refractivity contribution in [3.05, 3.63) is 11.7 Å². The van der Waals surface area contributed by atoms with E-state index in [0.29, 0.717) is 5.82 Å². The first kappa shape index (κ1) is 11.2. The summed E-state index contributed by atoms with van der Waals surface area (Å²) < 4.78 is 5.09. The number of aryl methyl sites for hydroxylation is 1. The molecule has 1 aromatic heterocycles. The molecule has 0 amide bonds. The Hall–Kier alpha value is -0.900. The third-order valence-corrected chi connectivity index (χ3v) is 2.25. The van der Waals surface area contributed by atoms with Crippen molar-refractivity contribution in [2.24, 2.45) is 5.73 Å². The molecule has 0 radical (unpaired) electrons. The predicted octanol–water partition coefficient (Wildman–Crippen LogP) is 2.21. The summed E-state index contributed by atoms with van der Waals surface area (Å²) in [6, 6.07) is -0.0846. The zero-order chi connectivity index (χ0) is 10.4. The zero-order valence-electron chi connectivity index (χ0n) is 8.99. The first-order valence-corrected chi connectivity index (χ1v) is 5.36. The molecule has 2 N–H and O–H groups in total. The smallest absolute Gasteiger partial charge is 0.226 e. The predicted molar refractivity (Wildman–Crippen MR) is 54.7 cm³/mol. The van der Waals surface area contributed by atoms with Crippen LogP contribution in [0.25, 0.3) is 0 Å². The van der Waals surface area contributed by atoms with Gasteiger partial charge in [0.25, 0.3) is 0 Å². The molecular weight excluding hydrogens is 178 g/mol. The molecule has 0 saturated carbocycles. The summed E-state index contributed by atoms with van der Waals surface area (Å²) >= 11 is 0. The van der Waals surface area contributed by atoms with Gasteiger partial charge in [0.15, 0.2) is 5.82 Å². The fourth-order valence-corrected chi connectivity index (χ4v) is 1.23. The third-order valence-electron chi connectivity index (χ3n) is 2.25. The molecule has 1 atom stereocenters. The number of hydrogen-bond acceptors (Lipinski definition) is 4. The molecule has 0 aromatic carbocycles. The van der Waals surface area contributed by atoms with Crippen LogP contribution in [0.4, 0.5) is 0 Å². The molecule has 0 fully saturated rings. The van der Waals surface area contributed by atoms with E-state index in [2.05, 4.69) is 17.1 Å². The van der Waals surface area contributed by atoms with Crippen molar-refractivity contribution in [1.29, 1.82) is 0 Å². The lowest BCUT2D eigenvalue weighted by molar-refractivity contribution is 0.365. The lowest BCUT2D eigenvalue weighted by atomic mass is 10.2. The zero-order valence-corrected chi connectivity index (χ0v) is 8.99. The van der Waals surface area contributed by atoms with Gasteiger partial charge in [0.2, 0.25) is 5.89 Å². The van der Waals surface area contributed by atoms with Crippen molar-refractivity contribution in [3.8, 4) is 0 Å². The summed E-state index contributed by atoms with van der Waals surface area (Å²) in [4.78, 5) is 4.25. The van der Waals surface area contributed by atoms with Crippen molar-refractivity contribution >= 4 is 0 Å². The second-order valence-electron chi connectivity index (χ2n) is 3.52. The van der Waals surface area contributed by atoms with E-state index in [-0.39, 0.29) is 6.04 Å².